The molecule has 88 valence electrons. The van der Waals surface area contributed by atoms with Crippen molar-refractivity contribution < 1.29 is 5.11 Å². The lowest BCUT2D eigenvalue weighted by Gasteiger charge is -2.15. The van der Waals surface area contributed by atoms with Gasteiger partial charge in [0.1, 0.15) is 0 Å². The highest BCUT2D eigenvalue weighted by Crippen LogP contribution is 2.20. The molecule has 0 aliphatic carbocycles. The van der Waals surface area contributed by atoms with Gasteiger partial charge in [0.25, 0.3) is 0 Å². The van der Waals surface area contributed by atoms with E-state index in [4.69, 9.17) is 0 Å². The van der Waals surface area contributed by atoms with Crippen molar-refractivity contribution in [3.63, 3.8) is 0 Å². The number of aliphatic hydroxyl groups excluding tert-OH is 1. The number of hydrogen-bond acceptors (Lipinski definition) is 4. The Balaban J connectivity index is 1.81. The molecule has 2 N–H and O–H groups in total. The van der Waals surface area contributed by atoms with Crippen LogP contribution >= 0.6 is 0 Å². The van der Waals surface area contributed by atoms with Crippen LogP contribution < -0.4 is 4.90 Å². The maximum atomic E-state index is 9.47. The molecule has 2 aromatic heterocycles. The lowest BCUT2D eigenvalue weighted by molar-refractivity contribution is 0.198. The lowest BCUT2D eigenvalue weighted by Crippen LogP contribution is -2.22. The summed E-state index contributed by atoms with van der Waals surface area (Å²) in [6.45, 7) is 1.50. The number of rotatable bonds is 2. The summed E-state index contributed by atoms with van der Waals surface area (Å²) >= 11 is 0. The molecule has 17 heavy (non-hydrogen) atoms. The summed E-state index contributed by atoms with van der Waals surface area (Å²) < 4.78 is 0. The van der Waals surface area contributed by atoms with Gasteiger partial charge in [0.15, 0.2) is 5.82 Å². The summed E-state index contributed by atoms with van der Waals surface area (Å²) in [5.74, 6) is 0.834. The Kier molecular flexibility index (Phi) is 2.53. The van der Waals surface area contributed by atoms with Crippen LogP contribution in [0.5, 0.6) is 0 Å². The Hall–Kier alpha value is -1.88. The van der Waals surface area contributed by atoms with Crippen LogP contribution in [0.3, 0.4) is 0 Å². The summed E-state index contributed by atoms with van der Waals surface area (Å²) in [5, 5.41) is 17.9. The molecule has 5 heteroatoms. The summed E-state index contributed by atoms with van der Waals surface area (Å²) in [6.07, 6.45) is 4.33. The minimum atomic E-state index is -0.235. The van der Waals surface area contributed by atoms with Crippen LogP contribution in [0.15, 0.2) is 30.6 Å². The molecule has 1 unspecified atom stereocenters. The van der Waals surface area contributed by atoms with Gasteiger partial charge in [-0.25, -0.2) is 0 Å². The number of aliphatic hydroxyl groups is 1. The molecule has 2 aromatic rings. The van der Waals surface area contributed by atoms with E-state index in [0.717, 1.165) is 30.0 Å². The van der Waals surface area contributed by atoms with E-state index < -0.39 is 0 Å². The third kappa shape index (κ3) is 2.01. The van der Waals surface area contributed by atoms with E-state index >= 15 is 0 Å². The number of β-amino-alcohol motifs (C(OH)–C–C–N with tert-alkyl or cyclic N) is 1. The molecule has 1 aliphatic heterocycles. The molecular weight excluding hydrogens is 216 g/mol. The van der Waals surface area contributed by atoms with E-state index in [-0.39, 0.29) is 6.10 Å². The number of nitrogens with one attached hydrogen (secondary N) is 1. The maximum absolute atomic E-state index is 9.47. The molecule has 3 rings (SSSR count). The van der Waals surface area contributed by atoms with Gasteiger partial charge >= 0.3 is 0 Å². The van der Waals surface area contributed by atoms with Gasteiger partial charge in [-0.2, -0.15) is 0 Å². The van der Waals surface area contributed by atoms with E-state index in [2.05, 4.69) is 20.1 Å². The van der Waals surface area contributed by atoms with Gasteiger partial charge in [-0.05, 0) is 24.6 Å². The van der Waals surface area contributed by atoms with Crippen LogP contribution in [-0.2, 0) is 0 Å². The normalized spacial score (nSPS) is 19.8. The minimum Gasteiger partial charge on any atom is -0.391 e. The highest BCUT2D eigenvalue weighted by Gasteiger charge is 2.21. The third-order valence-corrected chi connectivity index (χ3v) is 3.03. The molecule has 1 aliphatic rings. The van der Waals surface area contributed by atoms with Crippen LogP contribution in [0.25, 0.3) is 11.3 Å². The summed E-state index contributed by atoms with van der Waals surface area (Å²) in [6, 6.07) is 5.87. The highest BCUT2D eigenvalue weighted by molar-refractivity contribution is 5.58. The number of hydrogen-bond donors (Lipinski definition) is 2. The molecule has 0 spiro atoms. The molecule has 0 saturated carbocycles. The SMILES string of the molecule is OC1CCN(c2ccc(-c3cc[nH]c3)nn2)C1. The van der Waals surface area contributed by atoms with Crippen molar-refractivity contribution in [1.29, 1.82) is 0 Å². The van der Waals surface area contributed by atoms with E-state index in [1.54, 1.807) is 0 Å². The van der Waals surface area contributed by atoms with Crippen LogP contribution in [0.4, 0.5) is 5.82 Å². The van der Waals surface area contributed by atoms with Crippen LogP contribution in [0.2, 0.25) is 0 Å². The Morgan fingerprint density at radius 2 is 2.24 bits per heavy atom. The monoisotopic (exact) mass is 230 g/mol. The summed E-state index contributed by atoms with van der Waals surface area (Å²) in [5.41, 5.74) is 1.89. The molecule has 0 aromatic carbocycles. The topological polar surface area (TPSA) is 65.0 Å². The predicted octanol–water partition coefficient (Wildman–Crippen LogP) is 1.04. The average Bonchev–Trinajstić information content (AvgIpc) is 3.00. The standard InChI is InChI=1S/C12H14N4O/c17-10-4-6-16(8-10)12-2-1-11(14-15-12)9-3-5-13-7-9/h1-3,5,7,10,13,17H,4,6,8H2. The zero-order valence-electron chi connectivity index (χ0n) is 9.37. The summed E-state index contributed by atoms with van der Waals surface area (Å²) in [7, 11) is 0. The molecule has 0 amide bonds. The van der Waals surface area contributed by atoms with Crippen LogP contribution in [0.1, 0.15) is 6.42 Å². The Labute approximate surface area is 99.1 Å². The Morgan fingerprint density at radius 3 is 2.82 bits per heavy atom. The fourth-order valence-electron chi connectivity index (χ4n) is 2.08. The molecular formula is C12H14N4O. The number of aromatic amines is 1. The van der Waals surface area contributed by atoms with Gasteiger partial charge < -0.3 is 15.0 Å². The lowest BCUT2D eigenvalue weighted by atomic mass is 10.2. The van der Waals surface area contributed by atoms with Crippen LogP contribution in [-0.4, -0.2) is 39.5 Å². The van der Waals surface area contributed by atoms with Gasteiger partial charge in [0.2, 0.25) is 0 Å². The van der Waals surface area contributed by atoms with Crippen molar-refractivity contribution in [2.45, 2.75) is 12.5 Å². The summed E-state index contributed by atoms with van der Waals surface area (Å²) in [4.78, 5) is 5.05. The number of anilines is 1. The van der Waals surface area contributed by atoms with Crippen molar-refractivity contribution in [2.75, 3.05) is 18.0 Å². The quantitative estimate of drug-likeness (QED) is 0.809. The highest BCUT2D eigenvalue weighted by atomic mass is 16.3. The van der Waals surface area contributed by atoms with Crippen LogP contribution in [0, 0.1) is 0 Å². The zero-order chi connectivity index (χ0) is 11.7. The zero-order valence-corrected chi connectivity index (χ0v) is 9.37. The second-order valence-corrected chi connectivity index (χ2v) is 4.26. The predicted molar refractivity (Wildman–Crippen MR) is 64.7 cm³/mol. The minimum absolute atomic E-state index is 0.235. The average molecular weight is 230 g/mol. The molecule has 1 fully saturated rings. The Morgan fingerprint density at radius 1 is 1.29 bits per heavy atom. The fraction of sp³-hybridized carbons (Fsp3) is 0.333. The molecule has 3 heterocycles. The maximum Gasteiger partial charge on any atom is 0.151 e. The second kappa shape index (κ2) is 4.18. The molecule has 1 atom stereocenters. The fourth-order valence-corrected chi connectivity index (χ4v) is 2.08. The number of nitrogens with zero attached hydrogens (tertiary/aromatic N) is 3. The van der Waals surface area contributed by atoms with Gasteiger partial charge in [0.05, 0.1) is 11.8 Å². The van der Waals surface area contributed by atoms with Gasteiger partial charge in [-0.15, -0.1) is 10.2 Å². The van der Waals surface area contributed by atoms with Gasteiger partial charge in [-0.1, -0.05) is 0 Å². The first-order valence-corrected chi connectivity index (χ1v) is 5.73. The molecule has 0 radical (unpaired) electrons. The van der Waals surface area contributed by atoms with Gasteiger partial charge in [0, 0.05) is 31.0 Å². The van der Waals surface area contributed by atoms with E-state index in [0.29, 0.717) is 6.54 Å². The van der Waals surface area contributed by atoms with Crippen molar-refractivity contribution in [3.8, 4) is 11.3 Å². The second-order valence-electron chi connectivity index (χ2n) is 4.26. The first-order valence-electron chi connectivity index (χ1n) is 5.73. The largest absolute Gasteiger partial charge is 0.391 e. The van der Waals surface area contributed by atoms with Gasteiger partial charge in [-0.3, -0.25) is 0 Å². The van der Waals surface area contributed by atoms with E-state index in [9.17, 15) is 5.11 Å². The van der Waals surface area contributed by atoms with Crippen molar-refractivity contribution in [1.82, 2.24) is 15.2 Å². The third-order valence-electron chi connectivity index (χ3n) is 3.03. The van der Waals surface area contributed by atoms with Crippen molar-refractivity contribution in [3.05, 3.63) is 30.6 Å². The Bertz CT molecular complexity index is 480. The smallest absolute Gasteiger partial charge is 0.151 e. The van der Waals surface area contributed by atoms with Crippen molar-refractivity contribution >= 4 is 5.82 Å². The molecule has 0 bridgehead atoms. The number of H-pyrrole nitrogens is 1. The van der Waals surface area contributed by atoms with E-state index in [1.807, 2.05) is 30.6 Å². The number of aromatic nitrogens is 3. The first kappa shape index (κ1) is 10.3. The first-order chi connectivity index (χ1) is 8.33. The van der Waals surface area contributed by atoms with Crippen molar-refractivity contribution in [2.24, 2.45) is 0 Å². The van der Waals surface area contributed by atoms with E-state index in [1.165, 1.54) is 0 Å². The molecule has 1 saturated heterocycles. The molecule has 5 nitrogen and oxygen atoms in total.